The third kappa shape index (κ3) is 2.29. The molecule has 2 heteroatoms. The van der Waals surface area contributed by atoms with Gasteiger partial charge in [0.15, 0.2) is 0 Å². The zero-order valence-corrected chi connectivity index (χ0v) is 9.66. The highest BCUT2D eigenvalue weighted by atomic mass is 15.2. The molecule has 0 aromatic heterocycles. The molecule has 0 aromatic rings. The second kappa shape index (κ2) is 3.82. The van der Waals surface area contributed by atoms with Crippen LogP contribution in [0.25, 0.3) is 0 Å². The van der Waals surface area contributed by atoms with Crippen molar-refractivity contribution in [3.63, 3.8) is 0 Å². The highest BCUT2D eigenvalue weighted by Crippen LogP contribution is 2.30. The summed E-state index contributed by atoms with van der Waals surface area (Å²) in [6.07, 6.45) is 8.41. The van der Waals surface area contributed by atoms with Crippen LogP contribution in [0.1, 0.15) is 52.4 Å². The Morgan fingerprint density at radius 2 is 1.50 bits per heavy atom. The van der Waals surface area contributed by atoms with Gasteiger partial charge in [0.05, 0.1) is 0 Å². The molecule has 82 valence electrons. The maximum Gasteiger partial charge on any atom is 0.0311 e. The molecule has 2 aliphatic rings. The van der Waals surface area contributed by atoms with Gasteiger partial charge in [-0.1, -0.05) is 25.7 Å². The summed E-state index contributed by atoms with van der Waals surface area (Å²) in [6.45, 7) is 6.91. The lowest BCUT2D eigenvalue weighted by atomic mass is 9.84. The minimum Gasteiger partial charge on any atom is -0.313 e. The smallest absolute Gasteiger partial charge is 0.0311 e. The van der Waals surface area contributed by atoms with Crippen molar-refractivity contribution in [1.82, 2.24) is 10.6 Å². The Hall–Kier alpha value is -0.0800. The van der Waals surface area contributed by atoms with Gasteiger partial charge in [0.1, 0.15) is 0 Å². The molecule has 1 spiro atoms. The minimum atomic E-state index is 0.280. The fourth-order valence-corrected chi connectivity index (χ4v) is 3.13. The van der Waals surface area contributed by atoms with Crippen molar-refractivity contribution in [2.24, 2.45) is 0 Å². The first-order valence-electron chi connectivity index (χ1n) is 6.12. The molecule has 14 heavy (non-hydrogen) atoms. The molecule has 0 bridgehead atoms. The molecule has 0 aromatic carbocycles. The summed E-state index contributed by atoms with van der Waals surface area (Å²) >= 11 is 0. The fraction of sp³-hybridized carbons (Fsp3) is 1.00. The number of hydrogen-bond acceptors (Lipinski definition) is 2. The average Bonchev–Trinajstić information content (AvgIpc) is 2.29. The quantitative estimate of drug-likeness (QED) is 0.619. The lowest BCUT2D eigenvalue weighted by Gasteiger charge is -2.47. The van der Waals surface area contributed by atoms with E-state index < -0.39 is 0 Å². The van der Waals surface area contributed by atoms with E-state index in [-0.39, 0.29) is 5.54 Å². The molecule has 1 heterocycles. The first kappa shape index (κ1) is 10.4. The summed E-state index contributed by atoms with van der Waals surface area (Å²) in [5.74, 6) is 0. The van der Waals surface area contributed by atoms with E-state index in [1.54, 1.807) is 0 Å². The molecule has 0 atom stereocenters. The van der Waals surface area contributed by atoms with E-state index in [0.29, 0.717) is 5.54 Å². The number of piperazine rings is 1. The molecule has 0 amide bonds. The van der Waals surface area contributed by atoms with Gasteiger partial charge >= 0.3 is 0 Å². The third-order valence-corrected chi connectivity index (χ3v) is 3.69. The summed E-state index contributed by atoms with van der Waals surface area (Å²) in [4.78, 5) is 0. The molecule has 0 unspecified atom stereocenters. The van der Waals surface area contributed by atoms with Crippen molar-refractivity contribution in [1.29, 1.82) is 0 Å². The highest BCUT2D eigenvalue weighted by molar-refractivity contribution is 5.01. The molecule has 0 radical (unpaired) electrons. The molecule has 1 aliphatic carbocycles. The van der Waals surface area contributed by atoms with Crippen LogP contribution in [0.5, 0.6) is 0 Å². The van der Waals surface area contributed by atoms with Crippen LogP contribution < -0.4 is 10.6 Å². The molecule has 2 fully saturated rings. The molecule has 1 aliphatic heterocycles. The summed E-state index contributed by atoms with van der Waals surface area (Å²) in [5, 5.41) is 7.49. The summed E-state index contributed by atoms with van der Waals surface area (Å²) in [6, 6.07) is 0. The normalized spacial score (nSPS) is 31.3. The van der Waals surface area contributed by atoms with Crippen LogP contribution in [0.4, 0.5) is 0 Å². The van der Waals surface area contributed by atoms with E-state index in [2.05, 4.69) is 24.5 Å². The van der Waals surface area contributed by atoms with Crippen LogP contribution in [0, 0.1) is 0 Å². The number of hydrogen-bond donors (Lipinski definition) is 2. The topological polar surface area (TPSA) is 24.1 Å². The van der Waals surface area contributed by atoms with E-state index in [4.69, 9.17) is 0 Å². The van der Waals surface area contributed by atoms with Crippen LogP contribution in [0.15, 0.2) is 0 Å². The molecule has 2 N–H and O–H groups in total. The summed E-state index contributed by atoms with van der Waals surface area (Å²) in [7, 11) is 0. The van der Waals surface area contributed by atoms with Gasteiger partial charge in [-0.2, -0.15) is 0 Å². The van der Waals surface area contributed by atoms with Crippen LogP contribution in [-0.2, 0) is 0 Å². The van der Waals surface area contributed by atoms with E-state index in [1.165, 1.54) is 45.1 Å². The predicted octanol–water partition coefficient (Wildman–Crippen LogP) is 2.05. The van der Waals surface area contributed by atoms with Crippen molar-refractivity contribution in [3.05, 3.63) is 0 Å². The van der Waals surface area contributed by atoms with Crippen molar-refractivity contribution < 1.29 is 0 Å². The number of nitrogens with one attached hydrogen (secondary N) is 2. The monoisotopic (exact) mass is 196 g/mol. The van der Waals surface area contributed by atoms with Gasteiger partial charge in [-0.3, -0.25) is 0 Å². The maximum absolute atomic E-state index is 3.89. The number of rotatable bonds is 0. The SMILES string of the molecule is CC1(C)CNCC2(CCCCCC2)N1. The maximum atomic E-state index is 3.89. The Morgan fingerprint density at radius 3 is 2.07 bits per heavy atom. The molecular formula is C12H24N2. The fourth-order valence-electron chi connectivity index (χ4n) is 3.13. The average molecular weight is 196 g/mol. The Morgan fingerprint density at radius 1 is 0.857 bits per heavy atom. The molecule has 1 saturated carbocycles. The minimum absolute atomic E-state index is 0.280. The largest absolute Gasteiger partial charge is 0.313 e. The first-order chi connectivity index (χ1) is 6.62. The van der Waals surface area contributed by atoms with Gasteiger partial charge < -0.3 is 10.6 Å². The van der Waals surface area contributed by atoms with Crippen molar-refractivity contribution in [2.45, 2.75) is 63.5 Å². The Kier molecular flexibility index (Phi) is 2.85. The van der Waals surface area contributed by atoms with Gasteiger partial charge in [-0.25, -0.2) is 0 Å². The van der Waals surface area contributed by atoms with E-state index in [0.717, 1.165) is 6.54 Å². The van der Waals surface area contributed by atoms with Crippen LogP contribution in [0.2, 0.25) is 0 Å². The van der Waals surface area contributed by atoms with Crippen molar-refractivity contribution >= 4 is 0 Å². The van der Waals surface area contributed by atoms with Crippen LogP contribution in [0.3, 0.4) is 0 Å². The lowest BCUT2D eigenvalue weighted by molar-refractivity contribution is 0.152. The van der Waals surface area contributed by atoms with E-state index >= 15 is 0 Å². The molecule has 2 nitrogen and oxygen atoms in total. The highest BCUT2D eigenvalue weighted by Gasteiger charge is 2.38. The van der Waals surface area contributed by atoms with Crippen LogP contribution >= 0.6 is 0 Å². The molecule has 1 saturated heterocycles. The standard InChI is InChI=1S/C12H24N2/c1-11(2)9-13-10-12(14-11)7-5-3-4-6-8-12/h13-14H,3-10H2,1-2H3. The van der Waals surface area contributed by atoms with Gasteiger partial charge in [-0.15, -0.1) is 0 Å². The Bertz CT molecular complexity index is 190. The zero-order chi connectivity index (χ0) is 10.1. The van der Waals surface area contributed by atoms with E-state index in [9.17, 15) is 0 Å². The van der Waals surface area contributed by atoms with Crippen molar-refractivity contribution in [3.8, 4) is 0 Å². The van der Waals surface area contributed by atoms with Crippen molar-refractivity contribution in [2.75, 3.05) is 13.1 Å². The second-order valence-electron chi connectivity index (χ2n) is 5.81. The lowest BCUT2D eigenvalue weighted by Crippen LogP contribution is -2.68. The molecule has 2 rings (SSSR count). The van der Waals surface area contributed by atoms with Gasteiger partial charge in [0.2, 0.25) is 0 Å². The Balaban J connectivity index is 2.05. The second-order valence-corrected chi connectivity index (χ2v) is 5.81. The molecular weight excluding hydrogens is 172 g/mol. The zero-order valence-electron chi connectivity index (χ0n) is 9.66. The van der Waals surface area contributed by atoms with Gasteiger partial charge in [0, 0.05) is 24.2 Å². The summed E-state index contributed by atoms with van der Waals surface area (Å²) in [5.41, 5.74) is 0.695. The summed E-state index contributed by atoms with van der Waals surface area (Å²) < 4.78 is 0. The van der Waals surface area contributed by atoms with E-state index in [1.807, 2.05) is 0 Å². The predicted molar refractivity (Wildman–Crippen MR) is 60.5 cm³/mol. The van der Waals surface area contributed by atoms with Gasteiger partial charge in [-0.05, 0) is 26.7 Å². The third-order valence-electron chi connectivity index (χ3n) is 3.69. The van der Waals surface area contributed by atoms with Gasteiger partial charge in [0.25, 0.3) is 0 Å². The van der Waals surface area contributed by atoms with Crippen LogP contribution in [-0.4, -0.2) is 24.2 Å². The first-order valence-corrected chi connectivity index (χ1v) is 6.12. The Labute approximate surface area is 87.8 Å².